The molecule has 15 nitrogen and oxygen atoms in total. The Morgan fingerprint density at radius 1 is 1.06 bits per heavy atom. The molecule has 2 aromatic carbocycles. The SMILES string of the molecule is Cc1ccc(-c2cc(C(F)(F)F)nn2-c2ccc(S(=O)(=O)NC(=O)OC[C@H](C(C)C)N(C)[N+]([O-])=NOCOC(=O)OC(C)(C)C)cc2)cc1. The van der Waals surface area contributed by atoms with E-state index in [1.165, 1.54) is 19.2 Å². The van der Waals surface area contributed by atoms with Crippen LogP contribution in [0.2, 0.25) is 0 Å². The molecule has 0 aliphatic rings. The van der Waals surface area contributed by atoms with Crippen LogP contribution in [0, 0.1) is 18.0 Å². The molecule has 49 heavy (non-hydrogen) atoms. The molecule has 3 rings (SSSR count). The lowest BCUT2D eigenvalue weighted by atomic mass is 10.1. The van der Waals surface area contributed by atoms with Crippen LogP contribution >= 0.6 is 0 Å². The number of aryl methyl sites for hydroxylation is 1. The maximum absolute atomic E-state index is 13.5. The highest BCUT2D eigenvalue weighted by atomic mass is 32.2. The summed E-state index contributed by atoms with van der Waals surface area (Å²) in [4.78, 5) is 28.3. The number of hydrogen-bond donors (Lipinski definition) is 1. The van der Waals surface area contributed by atoms with E-state index in [-0.39, 0.29) is 27.2 Å². The zero-order chi connectivity index (χ0) is 36.7. The Kier molecular flexibility index (Phi) is 12.1. The molecule has 1 heterocycles. The lowest BCUT2D eigenvalue weighted by Gasteiger charge is -2.26. The number of ether oxygens (including phenoxy) is 3. The molecule has 0 saturated carbocycles. The normalized spacial score (nSPS) is 13.1. The van der Waals surface area contributed by atoms with Gasteiger partial charge in [0, 0.05) is 5.56 Å². The third kappa shape index (κ3) is 11.0. The number of carbonyl (C=O) groups excluding carboxylic acids is 2. The number of carbonyl (C=O) groups is 2. The molecule has 1 N–H and O–H groups in total. The summed E-state index contributed by atoms with van der Waals surface area (Å²) >= 11 is 0. The summed E-state index contributed by atoms with van der Waals surface area (Å²) < 4.78 is 83.8. The van der Waals surface area contributed by atoms with E-state index in [1.54, 1.807) is 63.6 Å². The molecule has 0 aliphatic carbocycles. The van der Waals surface area contributed by atoms with Crippen LogP contribution in [-0.4, -0.2) is 72.5 Å². The summed E-state index contributed by atoms with van der Waals surface area (Å²) in [5, 5.41) is 20.3. The molecule has 0 fully saturated rings. The Hall–Kier alpha value is -5.07. The molecule has 1 atom stereocenters. The number of rotatable bonds is 12. The Balaban J connectivity index is 1.66. The summed E-state index contributed by atoms with van der Waals surface area (Å²) in [6.07, 6.45) is -7.12. The fourth-order valence-corrected chi connectivity index (χ4v) is 5.01. The molecule has 1 aromatic heterocycles. The van der Waals surface area contributed by atoms with Gasteiger partial charge in [-0.2, -0.15) is 18.3 Å². The second-order valence-corrected chi connectivity index (χ2v) is 13.6. The second-order valence-electron chi connectivity index (χ2n) is 12.0. The number of hydrazine groups is 1. The van der Waals surface area contributed by atoms with Gasteiger partial charge in [-0.3, -0.25) is 0 Å². The number of amides is 1. The lowest BCUT2D eigenvalue weighted by molar-refractivity contribution is -0.715. The van der Waals surface area contributed by atoms with Gasteiger partial charge < -0.3 is 24.3 Å². The first-order valence-electron chi connectivity index (χ1n) is 14.6. The van der Waals surface area contributed by atoms with Crippen molar-refractivity contribution in [3.63, 3.8) is 0 Å². The highest BCUT2D eigenvalue weighted by Crippen LogP contribution is 2.33. The fourth-order valence-electron chi connectivity index (χ4n) is 4.12. The number of halogens is 3. The fraction of sp³-hybridized carbons (Fsp3) is 0.433. The van der Waals surface area contributed by atoms with Crippen molar-refractivity contribution in [2.45, 2.75) is 64.3 Å². The quantitative estimate of drug-likeness (QED) is 0.0585. The number of alkyl halides is 3. The Morgan fingerprint density at radius 3 is 2.22 bits per heavy atom. The van der Waals surface area contributed by atoms with Crippen molar-refractivity contribution in [1.82, 2.24) is 19.5 Å². The van der Waals surface area contributed by atoms with Gasteiger partial charge in [0.1, 0.15) is 18.2 Å². The number of sulfonamides is 1. The minimum Gasteiger partial charge on any atom is -0.569 e. The van der Waals surface area contributed by atoms with Crippen LogP contribution in [0.15, 0.2) is 64.8 Å². The van der Waals surface area contributed by atoms with E-state index >= 15 is 0 Å². The van der Waals surface area contributed by atoms with Gasteiger partial charge in [-0.05, 0) is 63.9 Å². The number of likely N-dealkylation sites (N-methyl/N-ethyl adjacent to an activating group) is 1. The van der Waals surface area contributed by atoms with Crippen LogP contribution in [0.3, 0.4) is 0 Å². The number of hydrogen-bond acceptors (Lipinski definition) is 11. The van der Waals surface area contributed by atoms with E-state index in [1.807, 2.05) is 6.92 Å². The number of nitrogens with one attached hydrogen (secondary N) is 1. The Bertz CT molecular complexity index is 1740. The van der Waals surface area contributed by atoms with Crippen LogP contribution < -0.4 is 4.72 Å². The van der Waals surface area contributed by atoms with Gasteiger partial charge in [0.15, 0.2) is 5.69 Å². The van der Waals surface area contributed by atoms with Gasteiger partial charge >= 0.3 is 18.4 Å². The molecule has 19 heteroatoms. The largest absolute Gasteiger partial charge is 0.569 e. The van der Waals surface area contributed by atoms with E-state index in [9.17, 15) is 36.4 Å². The van der Waals surface area contributed by atoms with Crippen LogP contribution in [0.1, 0.15) is 45.9 Å². The van der Waals surface area contributed by atoms with Gasteiger partial charge in [-0.25, -0.2) is 27.4 Å². The average Bonchev–Trinajstić information content (AvgIpc) is 3.45. The molecule has 268 valence electrons. The summed E-state index contributed by atoms with van der Waals surface area (Å²) in [5.74, 6) is -0.323. The minimum absolute atomic E-state index is 0.0181. The van der Waals surface area contributed by atoms with Crippen molar-refractivity contribution in [2.75, 3.05) is 20.4 Å². The topological polar surface area (TPSA) is 177 Å². The molecular formula is C30H37F3N6O9S. The minimum atomic E-state index is -4.73. The van der Waals surface area contributed by atoms with Gasteiger partial charge in [-0.1, -0.05) is 43.7 Å². The lowest BCUT2D eigenvalue weighted by Crippen LogP contribution is -2.45. The van der Waals surface area contributed by atoms with Crippen LogP contribution in [0.25, 0.3) is 16.9 Å². The molecule has 0 aliphatic heterocycles. The highest BCUT2D eigenvalue weighted by molar-refractivity contribution is 7.90. The first-order valence-corrected chi connectivity index (χ1v) is 16.1. The van der Waals surface area contributed by atoms with Crippen molar-refractivity contribution in [3.8, 4) is 16.9 Å². The first kappa shape index (κ1) is 38.4. The van der Waals surface area contributed by atoms with E-state index in [4.69, 9.17) is 9.47 Å². The van der Waals surface area contributed by atoms with Crippen LogP contribution in [0.4, 0.5) is 22.8 Å². The standard InChI is InChI=1S/C30H37F3N6O9S/c1-19(2)25(37(7)39(42)36-47-18-46-28(41)48-29(4,5)6)17-45-27(40)35-49(43,44)23-14-12-22(13-15-23)38-24(16-26(34-38)30(31,32)33)21-10-8-20(3)9-11-21/h8-16,19,25H,17-18H2,1-7H3,(H,35,40)/t25-/m1/s1. The zero-order valence-electron chi connectivity index (χ0n) is 27.7. The molecule has 0 unspecified atom stereocenters. The smallest absolute Gasteiger partial charge is 0.511 e. The summed E-state index contributed by atoms with van der Waals surface area (Å²) in [5.41, 5.74) is -0.338. The van der Waals surface area contributed by atoms with E-state index < -0.39 is 59.2 Å². The summed E-state index contributed by atoms with van der Waals surface area (Å²) in [6.45, 7) is 8.91. The molecule has 1 amide bonds. The van der Waals surface area contributed by atoms with E-state index in [0.717, 1.165) is 33.5 Å². The zero-order valence-corrected chi connectivity index (χ0v) is 28.5. The van der Waals surface area contributed by atoms with Crippen LogP contribution in [-0.2, 0) is 35.2 Å². The molecule has 0 bridgehead atoms. The monoisotopic (exact) mass is 714 g/mol. The van der Waals surface area contributed by atoms with Gasteiger partial charge in [0.25, 0.3) is 16.8 Å². The van der Waals surface area contributed by atoms with Crippen molar-refractivity contribution in [3.05, 3.63) is 71.1 Å². The molecule has 0 saturated heterocycles. The maximum atomic E-state index is 13.5. The highest BCUT2D eigenvalue weighted by Gasteiger charge is 2.35. The Morgan fingerprint density at radius 2 is 1.67 bits per heavy atom. The number of benzene rings is 2. The molecule has 3 aromatic rings. The van der Waals surface area contributed by atoms with Crippen molar-refractivity contribution in [2.24, 2.45) is 11.2 Å². The van der Waals surface area contributed by atoms with Crippen molar-refractivity contribution < 1.29 is 55.2 Å². The average molecular weight is 715 g/mol. The molecule has 0 radical (unpaired) electrons. The summed E-state index contributed by atoms with van der Waals surface area (Å²) in [7, 11) is -3.19. The van der Waals surface area contributed by atoms with Gasteiger partial charge in [0.05, 0.1) is 28.3 Å². The predicted octanol–water partition coefficient (Wildman–Crippen LogP) is 5.96. The maximum Gasteiger partial charge on any atom is 0.511 e. The molecular weight excluding hydrogens is 677 g/mol. The third-order valence-corrected chi connectivity index (χ3v) is 7.94. The number of nitrogens with zero attached hydrogens (tertiary/aromatic N) is 5. The van der Waals surface area contributed by atoms with Crippen molar-refractivity contribution in [1.29, 1.82) is 0 Å². The third-order valence-electron chi connectivity index (χ3n) is 6.61. The molecule has 0 spiro atoms. The summed E-state index contributed by atoms with van der Waals surface area (Å²) in [6, 6.07) is 11.5. The van der Waals surface area contributed by atoms with Crippen LogP contribution in [0.5, 0.6) is 0 Å². The van der Waals surface area contributed by atoms with Gasteiger partial charge in [-0.15, -0.1) is 5.01 Å². The Labute approximate surface area is 280 Å². The van der Waals surface area contributed by atoms with Gasteiger partial charge in [0.2, 0.25) is 5.28 Å². The predicted molar refractivity (Wildman–Crippen MR) is 166 cm³/mol. The second kappa shape index (κ2) is 15.4. The van der Waals surface area contributed by atoms with E-state index in [2.05, 4.69) is 20.0 Å². The first-order chi connectivity index (χ1) is 22.7. The van der Waals surface area contributed by atoms with E-state index in [0.29, 0.717) is 5.56 Å². The van der Waals surface area contributed by atoms with Crippen molar-refractivity contribution >= 4 is 22.3 Å². The number of aromatic nitrogens is 2.